The van der Waals surface area contributed by atoms with E-state index in [4.69, 9.17) is 22.1 Å². The number of primary amides is 1. The quantitative estimate of drug-likeness (QED) is 0.664. The Kier molecular flexibility index (Phi) is 5.46. The maximum atomic E-state index is 11.2. The van der Waals surface area contributed by atoms with Crippen molar-refractivity contribution in [1.29, 1.82) is 0 Å². The van der Waals surface area contributed by atoms with Gasteiger partial charge in [0, 0.05) is 33.6 Å². The Morgan fingerprint density at radius 2 is 1.92 bits per heavy atom. The minimum absolute atomic E-state index is 0.286. The van der Waals surface area contributed by atoms with Gasteiger partial charge in [-0.1, -0.05) is 29.8 Å². The van der Waals surface area contributed by atoms with Crippen molar-refractivity contribution in [2.24, 2.45) is 5.73 Å². The summed E-state index contributed by atoms with van der Waals surface area (Å²) in [6.07, 6.45) is 0.286. The number of hydrogen-bond acceptors (Lipinski definition) is 4. The summed E-state index contributed by atoms with van der Waals surface area (Å²) in [5.74, 6) is 0.472. The zero-order valence-corrected chi connectivity index (χ0v) is 15.4. The number of thiophene rings is 1. The molecule has 0 radical (unpaired) electrons. The van der Waals surface area contributed by atoms with E-state index in [2.05, 4.69) is 11.0 Å². The van der Waals surface area contributed by atoms with E-state index in [0.29, 0.717) is 13.1 Å². The summed E-state index contributed by atoms with van der Waals surface area (Å²) in [5.41, 5.74) is 6.34. The lowest BCUT2D eigenvalue weighted by atomic mass is 10.2. The van der Waals surface area contributed by atoms with Gasteiger partial charge in [0.15, 0.2) is 0 Å². The molecular weight excluding hydrogens is 356 g/mol. The Bertz CT molecular complexity index is 877. The number of nitrogens with two attached hydrogens (primary N) is 1. The molecule has 2 N–H and O–H groups in total. The van der Waals surface area contributed by atoms with Crippen molar-refractivity contribution in [1.82, 2.24) is 0 Å². The molecule has 3 aromatic rings. The van der Waals surface area contributed by atoms with Gasteiger partial charge >= 0.3 is 0 Å². The van der Waals surface area contributed by atoms with Crippen molar-refractivity contribution in [3.8, 4) is 5.75 Å². The SMILES string of the molecule is COc1ccc(N(CCC(N)=O)Cc2sc3ccccc3c2Cl)cc1. The van der Waals surface area contributed by atoms with E-state index in [9.17, 15) is 4.79 Å². The van der Waals surface area contributed by atoms with Crippen LogP contribution in [0.2, 0.25) is 5.02 Å². The molecule has 4 nitrogen and oxygen atoms in total. The van der Waals surface area contributed by atoms with E-state index < -0.39 is 0 Å². The third-order valence-corrected chi connectivity index (χ3v) is 5.70. The summed E-state index contributed by atoms with van der Waals surface area (Å²) in [6, 6.07) is 15.8. The van der Waals surface area contributed by atoms with Crippen LogP contribution in [0.1, 0.15) is 11.3 Å². The third-order valence-electron chi connectivity index (χ3n) is 4.00. The standard InChI is InChI=1S/C19H19ClN2O2S/c1-24-14-8-6-13(7-9-14)22(11-10-18(21)23)12-17-19(20)15-4-2-3-5-16(15)25-17/h2-9H,10-12H2,1H3,(H2,21,23). The number of rotatable bonds is 7. The van der Waals surface area contributed by atoms with Crippen LogP contribution in [0.4, 0.5) is 5.69 Å². The van der Waals surface area contributed by atoms with Crippen LogP contribution >= 0.6 is 22.9 Å². The number of carbonyl (C=O) groups excluding carboxylic acids is 1. The molecule has 6 heteroatoms. The van der Waals surface area contributed by atoms with Crippen LogP contribution in [-0.2, 0) is 11.3 Å². The Labute approximate surface area is 155 Å². The van der Waals surface area contributed by atoms with Gasteiger partial charge in [-0.15, -0.1) is 11.3 Å². The van der Waals surface area contributed by atoms with Crippen molar-refractivity contribution in [3.05, 3.63) is 58.4 Å². The molecule has 0 fully saturated rings. The molecule has 0 aliphatic carbocycles. The highest BCUT2D eigenvalue weighted by Gasteiger charge is 2.15. The number of fused-ring (bicyclic) bond motifs is 1. The molecule has 0 aliphatic heterocycles. The average Bonchev–Trinajstić information content (AvgIpc) is 2.94. The van der Waals surface area contributed by atoms with E-state index in [1.165, 1.54) is 0 Å². The van der Waals surface area contributed by atoms with Gasteiger partial charge in [-0.05, 0) is 30.3 Å². The molecule has 1 amide bonds. The predicted octanol–water partition coefficient (Wildman–Crippen LogP) is 4.45. The number of nitrogens with zero attached hydrogens (tertiary/aromatic N) is 1. The van der Waals surface area contributed by atoms with Gasteiger partial charge in [-0.2, -0.15) is 0 Å². The molecule has 0 atom stereocenters. The van der Waals surface area contributed by atoms with Crippen LogP contribution in [-0.4, -0.2) is 19.6 Å². The minimum atomic E-state index is -0.319. The van der Waals surface area contributed by atoms with Crippen molar-refractivity contribution in [2.45, 2.75) is 13.0 Å². The van der Waals surface area contributed by atoms with Crippen LogP contribution in [0.25, 0.3) is 10.1 Å². The molecular formula is C19H19ClN2O2S. The van der Waals surface area contributed by atoms with Crippen molar-refractivity contribution >= 4 is 44.6 Å². The largest absolute Gasteiger partial charge is 0.497 e. The first-order valence-corrected chi connectivity index (χ1v) is 9.11. The normalized spacial score (nSPS) is 10.8. The molecule has 0 bridgehead atoms. The fraction of sp³-hybridized carbons (Fsp3) is 0.211. The summed E-state index contributed by atoms with van der Waals surface area (Å²) in [4.78, 5) is 14.4. The van der Waals surface area contributed by atoms with Gasteiger partial charge in [-0.3, -0.25) is 4.79 Å². The lowest BCUT2D eigenvalue weighted by Gasteiger charge is -2.24. The van der Waals surface area contributed by atoms with Crippen molar-refractivity contribution < 1.29 is 9.53 Å². The van der Waals surface area contributed by atoms with Crippen LogP contribution in [0, 0.1) is 0 Å². The van der Waals surface area contributed by atoms with Gasteiger partial charge in [0.25, 0.3) is 0 Å². The highest BCUT2D eigenvalue weighted by molar-refractivity contribution is 7.19. The smallest absolute Gasteiger partial charge is 0.219 e. The van der Waals surface area contributed by atoms with E-state index in [1.807, 2.05) is 42.5 Å². The number of amides is 1. The number of hydrogen-bond donors (Lipinski definition) is 1. The molecule has 25 heavy (non-hydrogen) atoms. The molecule has 130 valence electrons. The number of anilines is 1. The number of ether oxygens (including phenoxy) is 1. The molecule has 0 saturated carbocycles. The first-order valence-electron chi connectivity index (χ1n) is 7.91. The van der Waals surface area contributed by atoms with E-state index in [1.54, 1.807) is 18.4 Å². The Balaban J connectivity index is 1.89. The maximum Gasteiger partial charge on any atom is 0.219 e. The van der Waals surface area contributed by atoms with Gasteiger partial charge in [0.1, 0.15) is 5.75 Å². The molecule has 1 aromatic heterocycles. The van der Waals surface area contributed by atoms with Gasteiger partial charge < -0.3 is 15.4 Å². The number of halogens is 1. The summed E-state index contributed by atoms with van der Waals surface area (Å²) in [5, 5.41) is 1.84. The fourth-order valence-electron chi connectivity index (χ4n) is 2.68. The summed E-state index contributed by atoms with van der Waals surface area (Å²) >= 11 is 8.25. The topological polar surface area (TPSA) is 55.6 Å². The monoisotopic (exact) mass is 374 g/mol. The van der Waals surface area contributed by atoms with Crippen LogP contribution < -0.4 is 15.4 Å². The second-order valence-corrected chi connectivity index (χ2v) is 7.19. The zero-order chi connectivity index (χ0) is 17.8. The predicted molar refractivity (Wildman–Crippen MR) is 105 cm³/mol. The summed E-state index contributed by atoms with van der Waals surface area (Å²) in [6.45, 7) is 1.16. The molecule has 2 aromatic carbocycles. The molecule has 0 spiro atoms. The zero-order valence-electron chi connectivity index (χ0n) is 13.9. The number of benzene rings is 2. The summed E-state index contributed by atoms with van der Waals surface area (Å²) in [7, 11) is 1.64. The molecule has 0 aliphatic rings. The lowest BCUT2D eigenvalue weighted by molar-refractivity contribution is -0.117. The van der Waals surface area contributed by atoms with E-state index >= 15 is 0 Å². The Morgan fingerprint density at radius 3 is 2.56 bits per heavy atom. The molecule has 0 unspecified atom stereocenters. The lowest BCUT2D eigenvalue weighted by Crippen LogP contribution is -2.27. The van der Waals surface area contributed by atoms with Crippen molar-refractivity contribution in [2.75, 3.05) is 18.6 Å². The van der Waals surface area contributed by atoms with Crippen molar-refractivity contribution in [3.63, 3.8) is 0 Å². The maximum absolute atomic E-state index is 11.2. The first-order chi connectivity index (χ1) is 12.1. The highest BCUT2D eigenvalue weighted by atomic mass is 35.5. The van der Waals surface area contributed by atoms with Gasteiger partial charge in [-0.25, -0.2) is 0 Å². The molecule has 3 rings (SSSR count). The fourth-order valence-corrected chi connectivity index (χ4v) is 4.19. The third kappa shape index (κ3) is 4.06. The summed E-state index contributed by atoms with van der Waals surface area (Å²) < 4.78 is 6.37. The molecule has 1 heterocycles. The minimum Gasteiger partial charge on any atom is -0.497 e. The van der Waals surface area contributed by atoms with Gasteiger partial charge in [0.2, 0.25) is 5.91 Å². The van der Waals surface area contributed by atoms with Gasteiger partial charge in [0.05, 0.1) is 18.7 Å². The number of carbonyl (C=O) groups is 1. The molecule has 0 saturated heterocycles. The highest BCUT2D eigenvalue weighted by Crippen LogP contribution is 2.36. The average molecular weight is 375 g/mol. The first kappa shape index (κ1) is 17.6. The van der Waals surface area contributed by atoms with Crippen LogP contribution in [0.5, 0.6) is 5.75 Å². The Morgan fingerprint density at radius 1 is 1.20 bits per heavy atom. The van der Waals surface area contributed by atoms with E-state index in [-0.39, 0.29) is 12.3 Å². The van der Waals surface area contributed by atoms with Crippen LogP contribution in [0.15, 0.2) is 48.5 Å². The second-order valence-electron chi connectivity index (χ2n) is 5.67. The Hall–Kier alpha value is -2.24. The second kappa shape index (κ2) is 7.76. The van der Waals surface area contributed by atoms with Crippen LogP contribution in [0.3, 0.4) is 0 Å². The number of methoxy groups -OCH3 is 1. The van der Waals surface area contributed by atoms with E-state index in [0.717, 1.165) is 31.4 Å².